The van der Waals surface area contributed by atoms with Gasteiger partial charge in [-0.25, -0.2) is 4.79 Å². The van der Waals surface area contributed by atoms with Crippen LogP contribution >= 0.6 is 0 Å². The Labute approximate surface area is 162 Å². The summed E-state index contributed by atoms with van der Waals surface area (Å²) in [5.74, 6) is 0.495. The number of amides is 2. The molecule has 0 saturated carbocycles. The quantitative estimate of drug-likeness (QED) is 0.871. The highest BCUT2D eigenvalue weighted by Gasteiger charge is 2.27. The number of benzene rings is 1. The first-order chi connectivity index (χ1) is 12.9. The van der Waals surface area contributed by atoms with Crippen LogP contribution < -0.4 is 5.32 Å². The van der Waals surface area contributed by atoms with Crippen LogP contribution in [0.4, 0.5) is 4.79 Å². The third-order valence-electron chi connectivity index (χ3n) is 5.88. The molecule has 1 aliphatic heterocycles. The van der Waals surface area contributed by atoms with E-state index in [4.69, 9.17) is 0 Å². The predicted octanol–water partition coefficient (Wildman–Crippen LogP) is 3.85. The molecule has 0 unspecified atom stereocenters. The zero-order valence-corrected chi connectivity index (χ0v) is 17.0. The van der Waals surface area contributed by atoms with E-state index in [2.05, 4.69) is 61.5 Å². The predicted molar refractivity (Wildman–Crippen MR) is 109 cm³/mol. The molecule has 0 bridgehead atoms. The van der Waals surface area contributed by atoms with Gasteiger partial charge in [0.2, 0.25) is 0 Å². The molecule has 2 heterocycles. The first kappa shape index (κ1) is 19.5. The molecular formula is C22H32N4O. The number of carbonyl (C=O) groups excluding carboxylic acids is 1. The summed E-state index contributed by atoms with van der Waals surface area (Å²) in [4.78, 5) is 14.6. The van der Waals surface area contributed by atoms with E-state index in [1.54, 1.807) is 0 Å². The number of carbonyl (C=O) groups is 1. The fraction of sp³-hybridized carbons (Fsp3) is 0.545. The first-order valence-electron chi connectivity index (χ1n) is 10.0. The van der Waals surface area contributed by atoms with Crippen LogP contribution in [0.3, 0.4) is 0 Å². The fourth-order valence-corrected chi connectivity index (χ4v) is 3.86. The van der Waals surface area contributed by atoms with E-state index >= 15 is 0 Å². The maximum atomic E-state index is 12.6. The zero-order chi connectivity index (χ0) is 19.4. The van der Waals surface area contributed by atoms with Gasteiger partial charge in [-0.15, -0.1) is 0 Å². The molecule has 1 fully saturated rings. The standard InChI is InChI=1S/C22H32N4O/c1-5-17-6-8-19(9-7-17)22(2,3)16-23-21(27)26-14-11-18(12-15-26)20-10-13-24-25(20)4/h6-10,13,18H,5,11-12,14-16H2,1-4H3,(H,23,27). The van der Waals surface area contributed by atoms with Crippen LogP contribution in [0.5, 0.6) is 0 Å². The van der Waals surface area contributed by atoms with Gasteiger partial charge in [-0.2, -0.15) is 5.10 Å². The third-order valence-corrected chi connectivity index (χ3v) is 5.88. The van der Waals surface area contributed by atoms with Crippen molar-refractivity contribution in [3.8, 4) is 0 Å². The highest BCUT2D eigenvalue weighted by Crippen LogP contribution is 2.28. The molecular weight excluding hydrogens is 336 g/mol. The Morgan fingerprint density at radius 2 is 1.85 bits per heavy atom. The summed E-state index contributed by atoms with van der Waals surface area (Å²) in [7, 11) is 1.99. The molecule has 27 heavy (non-hydrogen) atoms. The highest BCUT2D eigenvalue weighted by molar-refractivity contribution is 5.74. The number of rotatable bonds is 5. The van der Waals surface area contributed by atoms with Gasteiger partial charge in [0.25, 0.3) is 0 Å². The van der Waals surface area contributed by atoms with Crippen molar-refractivity contribution in [1.29, 1.82) is 0 Å². The molecule has 0 atom stereocenters. The van der Waals surface area contributed by atoms with Crippen LogP contribution in [0.1, 0.15) is 56.4 Å². The van der Waals surface area contributed by atoms with Gasteiger partial charge >= 0.3 is 6.03 Å². The monoisotopic (exact) mass is 368 g/mol. The Balaban J connectivity index is 1.51. The van der Waals surface area contributed by atoms with Crippen molar-refractivity contribution in [2.75, 3.05) is 19.6 Å². The van der Waals surface area contributed by atoms with Gasteiger partial charge in [0.15, 0.2) is 0 Å². The lowest BCUT2D eigenvalue weighted by atomic mass is 9.84. The Morgan fingerprint density at radius 1 is 1.19 bits per heavy atom. The van der Waals surface area contributed by atoms with E-state index in [0.29, 0.717) is 12.5 Å². The second kappa shape index (κ2) is 8.15. The molecule has 2 aromatic rings. The van der Waals surface area contributed by atoms with E-state index in [1.165, 1.54) is 16.8 Å². The molecule has 5 heteroatoms. The number of hydrogen-bond donors (Lipinski definition) is 1. The van der Waals surface area contributed by atoms with Gasteiger partial charge in [-0.3, -0.25) is 4.68 Å². The van der Waals surface area contributed by atoms with Gasteiger partial charge in [0.1, 0.15) is 0 Å². The summed E-state index contributed by atoms with van der Waals surface area (Å²) in [5, 5.41) is 7.42. The summed E-state index contributed by atoms with van der Waals surface area (Å²) in [5.41, 5.74) is 3.78. The lowest BCUT2D eigenvalue weighted by Gasteiger charge is -2.33. The van der Waals surface area contributed by atoms with E-state index in [1.807, 2.05) is 22.8 Å². The normalized spacial score (nSPS) is 15.8. The van der Waals surface area contributed by atoms with Crippen LogP contribution in [0, 0.1) is 0 Å². The van der Waals surface area contributed by atoms with Crippen molar-refractivity contribution >= 4 is 6.03 Å². The van der Waals surface area contributed by atoms with Gasteiger partial charge < -0.3 is 10.2 Å². The molecule has 1 aromatic heterocycles. The molecule has 146 valence electrons. The second-order valence-corrected chi connectivity index (χ2v) is 8.23. The third kappa shape index (κ3) is 4.52. The highest BCUT2D eigenvalue weighted by atomic mass is 16.2. The van der Waals surface area contributed by atoms with Crippen LogP contribution in [0.25, 0.3) is 0 Å². The summed E-state index contributed by atoms with van der Waals surface area (Å²) in [6.45, 7) is 8.77. The van der Waals surface area contributed by atoms with Crippen LogP contribution in [0.2, 0.25) is 0 Å². The minimum atomic E-state index is -0.0883. The number of nitrogens with one attached hydrogen (secondary N) is 1. The molecule has 2 amide bonds. The number of likely N-dealkylation sites (tertiary alicyclic amines) is 1. The first-order valence-corrected chi connectivity index (χ1v) is 10.0. The van der Waals surface area contributed by atoms with Gasteiger partial charge in [0, 0.05) is 49.9 Å². The minimum Gasteiger partial charge on any atom is -0.337 e. The largest absolute Gasteiger partial charge is 0.337 e. The molecule has 1 saturated heterocycles. The average Bonchev–Trinajstić information content (AvgIpc) is 3.12. The summed E-state index contributed by atoms with van der Waals surface area (Å²) >= 11 is 0. The maximum absolute atomic E-state index is 12.6. The van der Waals surface area contributed by atoms with Gasteiger partial charge in [0.05, 0.1) is 0 Å². The SMILES string of the molecule is CCc1ccc(C(C)(C)CNC(=O)N2CCC(c3ccnn3C)CC2)cc1. The Kier molecular flexibility index (Phi) is 5.88. The summed E-state index contributed by atoms with van der Waals surface area (Å²) in [6, 6.07) is 10.9. The number of hydrogen-bond acceptors (Lipinski definition) is 2. The molecule has 3 rings (SSSR count). The molecule has 1 aliphatic rings. The minimum absolute atomic E-state index is 0.0525. The lowest BCUT2D eigenvalue weighted by Crippen LogP contribution is -2.47. The summed E-state index contributed by atoms with van der Waals surface area (Å²) in [6.07, 6.45) is 4.89. The van der Waals surface area contributed by atoms with Crippen LogP contribution in [-0.2, 0) is 18.9 Å². The number of aromatic nitrogens is 2. The maximum Gasteiger partial charge on any atom is 0.317 e. The van der Waals surface area contributed by atoms with E-state index < -0.39 is 0 Å². The Bertz CT molecular complexity index is 755. The van der Waals surface area contributed by atoms with Crippen LogP contribution in [0.15, 0.2) is 36.5 Å². The Morgan fingerprint density at radius 3 is 2.41 bits per heavy atom. The molecule has 1 N–H and O–H groups in total. The molecule has 5 nitrogen and oxygen atoms in total. The number of aryl methyl sites for hydroxylation is 2. The van der Waals surface area contributed by atoms with Gasteiger partial charge in [-0.1, -0.05) is 45.0 Å². The summed E-state index contributed by atoms with van der Waals surface area (Å²) < 4.78 is 1.95. The van der Waals surface area contributed by atoms with E-state index in [0.717, 1.165) is 32.4 Å². The number of nitrogens with zero attached hydrogens (tertiary/aromatic N) is 3. The van der Waals surface area contributed by atoms with E-state index in [-0.39, 0.29) is 11.4 Å². The van der Waals surface area contributed by atoms with Crippen molar-refractivity contribution in [2.24, 2.45) is 7.05 Å². The molecule has 1 aromatic carbocycles. The van der Waals surface area contributed by atoms with Crippen molar-refractivity contribution in [2.45, 2.75) is 51.4 Å². The fourth-order valence-electron chi connectivity index (χ4n) is 3.86. The van der Waals surface area contributed by atoms with Crippen molar-refractivity contribution in [3.05, 3.63) is 53.3 Å². The van der Waals surface area contributed by atoms with Crippen molar-refractivity contribution < 1.29 is 4.79 Å². The number of piperidine rings is 1. The smallest absolute Gasteiger partial charge is 0.317 e. The zero-order valence-electron chi connectivity index (χ0n) is 17.0. The lowest BCUT2D eigenvalue weighted by molar-refractivity contribution is 0.178. The average molecular weight is 369 g/mol. The molecule has 0 radical (unpaired) electrons. The molecule has 0 aliphatic carbocycles. The number of urea groups is 1. The van der Waals surface area contributed by atoms with Crippen LogP contribution in [-0.4, -0.2) is 40.3 Å². The second-order valence-electron chi connectivity index (χ2n) is 8.23. The van der Waals surface area contributed by atoms with E-state index in [9.17, 15) is 4.79 Å². The van der Waals surface area contributed by atoms with Gasteiger partial charge in [-0.05, 0) is 36.5 Å². The van der Waals surface area contributed by atoms with Crippen molar-refractivity contribution in [3.63, 3.8) is 0 Å². The Hall–Kier alpha value is -2.30. The topological polar surface area (TPSA) is 50.2 Å². The molecule has 0 spiro atoms. The van der Waals surface area contributed by atoms with Crippen molar-refractivity contribution in [1.82, 2.24) is 20.0 Å².